The summed E-state index contributed by atoms with van der Waals surface area (Å²) in [5.74, 6) is 0. The predicted molar refractivity (Wildman–Crippen MR) is 101 cm³/mol. The average Bonchev–Trinajstić information content (AvgIpc) is 2.88. The molecule has 4 aromatic rings. The Hall–Kier alpha value is -2.41. The van der Waals surface area contributed by atoms with Crippen molar-refractivity contribution in [2.24, 2.45) is 0 Å². The Kier molecular flexibility index (Phi) is 3.07. The molecule has 1 aromatic heterocycles. The molecule has 3 aromatic carbocycles. The summed E-state index contributed by atoms with van der Waals surface area (Å²) in [6.45, 7) is 2.16. The predicted octanol–water partition coefficient (Wildman–Crippen LogP) is 2.70. The maximum Gasteiger partial charge on any atom is 0.118 e. The van der Waals surface area contributed by atoms with E-state index in [4.69, 9.17) is 0 Å². The number of aromatic nitrogens is 1. The molecule has 3 heteroatoms. The molecule has 0 N–H and O–H groups in total. The number of hydrogen-bond donors (Lipinski definition) is 0. The van der Waals surface area contributed by atoms with Crippen LogP contribution < -0.4 is 5.46 Å². The monoisotopic (exact) mass is 281 g/mol. The van der Waals surface area contributed by atoms with Crippen LogP contribution in [0.4, 0.5) is 0 Å². The number of rotatable bonds is 2. The highest BCUT2D eigenvalue weighted by molar-refractivity contribution is 6.97. The first-order valence-corrected chi connectivity index (χ1v) is 7.87. The van der Waals surface area contributed by atoms with Gasteiger partial charge >= 0.3 is 0 Å². The zero-order valence-electron chi connectivity index (χ0n) is 13.0. The number of hydrogen-bond acceptors (Lipinski definition) is 0. The number of para-hydroxylation sites is 1. The normalized spacial score (nSPS) is 11.1. The number of aryl methyl sites for hydroxylation is 1. The maximum atomic E-state index is 2.36. The highest BCUT2D eigenvalue weighted by Gasteiger charge is 2.12. The van der Waals surface area contributed by atoms with Gasteiger partial charge in [0.05, 0.1) is 18.8 Å². The van der Waals surface area contributed by atoms with Crippen molar-refractivity contribution in [3.8, 4) is 5.69 Å². The first-order valence-electron chi connectivity index (χ1n) is 7.87. The molecule has 0 amide bonds. The molecule has 4 rings (SSSR count). The van der Waals surface area contributed by atoms with Gasteiger partial charge in [-0.1, -0.05) is 47.4 Å². The Labute approximate surface area is 132 Å². The van der Waals surface area contributed by atoms with Crippen LogP contribution in [0.1, 0.15) is 5.56 Å². The molecule has 0 fully saturated rings. The summed E-state index contributed by atoms with van der Waals surface area (Å²) in [6.07, 6.45) is 0. The summed E-state index contributed by atoms with van der Waals surface area (Å²) in [5.41, 5.74) is 6.47. The van der Waals surface area contributed by atoms with Crippen molar-refractivity contribution >= 4 is 42.2 Å². The van der Waals surface area contributed by atoms with Crippen molar-refractivity contribution in [3.63, 3.8) is 0 Å². The van der Waals surface area contributed by atoms with Crippen molar-refractivity contribution in [2.45, 2.75) is 6.92 Å². The van der Waals surface area contributed by atoms with E-state index in [0.717, 1.165) is 7.17 Å². The molecule has 0 unspecified atom stereocenters. The van der Waals surface area contributed by atoms with Gasteiger partial charge < -0.3 is 4.57 Å². The molecule has 1 heterocycles. The lowest BCUT2D eigenvalue weighted by atomic mass is 9.51. The fourth-order valence-corrected chi connectivity index (χ4v) is 3.26. The minimum absolute atomic E-state index is 1.07. The zero-order chi connectivity index (χ0) is 15.1. The molecule has 0 atom stereocenters. The highest BCUT2D eigenvalue weighted by atomic mass is 15.0. The van der Waals surface area contributed by atoms with E-state index < -0.39 is 0 Å². The van der Waals surface area contributed by atoms with Crippen LogP contribution in [0.2, 0.25) is 0 Å². The van der Waals surface area contributed by atoms with Gasteiger partial charge in [0.25, 0.3) is 0 Å². The van der Waals surface area contributed by atoms with Crippen molar-refractivity contribution < 1.29 is 0 Å². The summed E-state index contributed by atoms with van der Waals surface area (Å²) < 4.78 is 2.36. The van der Waals surface area contributed by atoms with Crippen molar-refractivity contribution in [1.29, 1.82) is 0 Å². The van der Waals surface area contributed by atoms with Crippen LogP contribution >= 0.6 is 0 Å². The third-order valence-corrected chi connectivity index (χ3v) is 4.41. The van der Waals surface area contributed by atoms with E-state index in [1.807, 2.05) is 0 Å². The quantitative estimate of drug-likeness (QED) is 0.498. The van der Waals surface area contributed by atoms with E-state index in [1.54, 1.807) is 0 Å². The van der Waals surface area contributed by atoms with Gasteiger partial charge in [0, 0.05) is 16.5 Å². The SMILES string of the molecule is BBc1ccc2c(c1)c1cc(C)ccc1n2-c1ccccc1. The van der Waals surface area contributed by atoms with Crippen LogP contribution in [-0.4, -0.2) is 19.5 Å². The van der Waals surface area contributed by atoms with Gasteiger partial charge in [0.1, 0.15) is 7.17 Å². The van der Waals surface area contributed by atoms with Crippen LogP contribution in [0.3, 0.4) is 0 Å². The summed E-state index contributed by atoms with van der Waals surface area (Å²) in [5, 5.41) is 2.69. The highest BCUT2D eigenvalue weighted by Crippen LogP contribution is 2.31. The standard InChI is InChI=1S/C19H17B2N/c1-13-7-9-18-16(11-13)17-12-14(21-20)8-10-19(17)22(18)15-5-3-2-4-6-15/h2-12,21H,20H2,1H3. The molecular weight excluding hydrogens is 264 g/mol. The molecule has 22 heavy (non-hydrogen) atoms. The smallest absolute Gasteiger partial charge is 0.118 e. The summed E-state index contributed by atoms with van der Waals surface area (Å²) >= 11 is 0. The van der Waals surface area contributed by atoms with Crippen LogP contribution in [0, 0.1) is 6.92 Å². The van der Waals surface area contributed by atoms with Gasteiger partial charge in [-0.2, -0.15) is 0 Å². The molecule has 0 aliphatic rings. The molecule has 0 bridgehead atoms. The molecule has 0 saturated heterocycles. The van der Waals surface area contributed by atoms with Crippen molar-refractivity contribution in [3.05, 3.63) is 72.3 Å². The van der Waals surface area contributed by atoms with Crippen LogP contribution in [0.15, 0.2) is 66.7 Å². The van der Waals surface area contributed by atoms with Crippen LogP contribution in [0.5, 0.6) is 0 Å². The van der Waals surface area contributed by atoms with E-state index in [9.17, 15) is 0 Å². The Morgan fingerprint density at radius 3 is 2.23 bits per heavy atom. The zero-order valence-corrected chi connectivity index (χ0v) is 13.0. The molecular formula is C19H17B2N. The maximum absolute atomic E-state index is 2.36. The molecule has 104 valence electrons. The van der Waals surface area contributed by atoms with Gasteiger partial charge in [-0.25, -0.2) is 0 Å². The summed E-state index contributed by atoms with van der Waals surface area (Å²) in [6, 6.07) is 24.2. The first-order chi connectivity index (χ1) is 10.8. The Morgan fingerprint density at radius 1 is 0.818 bits per heavy atom. The first kappa shape index (κ1) is 13.3. The van der Waals surface area contributed by atoms with E-state index in [0.29, 0.717) is 0 Å². The Morgan fingerprint density at radius 2 is 1.50 bits per heavy atom. The fourth-order valence-electron chi connectivity index (χ4n) is 3.26. The topological polar surface area (TPSA) is 4.93 Å². The minimum Gasteiger partial charge on any atom is -0.309 e. The molecule has 0 saturated carbocycles. The number of benzene rings is 3. The van der Waals surface area contributed by atoms with E-state index in [2.05, 4.69) is 86.0 Å². The number of nitrogens with zero attached hydrogens (tertiary/aromatic N) is 1. The second-order valence-corrected chi connectivity index (χ2v) is 5.90. The lowest BCUT2D eigenvalue weighted by Crippen LogP contribution is -2.13. The Bertz CT molecular complexity index is 971. The van der Waals surface area contributed by atoms with E-state index >= 15 is 0 Å². The second-order valence-electron chi connectivity index (χ2n) is 5.90. The fraction of sp³-hybridized carbons (Fsp3) is 0.0526. The van der Waals surface area contributed by atoms with Crippen LogP contribution in [0.25, 0.3) is 27.5 Å². The second kappa shape index (κ2) is 5.10. The molecule has 0 radical (unpaired) electrons. The van der Waals surface area contributed by atoms with Gasteiger partial charge in [-0.15, -0.1) is 0 Å². The lowest BCUT2D eigenvalue weighted by Gasteiger charge is -2.07. The lowest BCUT2D eigenvalue weighted by molar-refractivity contribution is 1.18. The van der Waals surface area contributed by atoms with Crippen molar-refractivity contribution in [2.75, 3.05) is 0 Å². The molecule has 1 nitrogen and oxygen atoms in total. The third-order valence-electron chi connectivity index (χ3n) is 4.41. The molecule has 0 aliphatic carbocycles. The van der Waals surface area contributed by atoms with Gasteiger partial charge in [-0.3, -0.25) is 0 Å². The largest absolute Gasteiger partial charge is 0.309 e. The van der Waals surface area contributed by atoms with Gasteiger partial charge in [-0.05, 0) is 37.3 Å². The summed E-state index contributed by atoms with van der Waals surface area (Å²) in [4.78, 5) is 0. The average molecular weight is 281 g/mol. The van der Waals surface area contributed by atoms with E-state index in [1.165, 1.54) is 38.5 Å². The van der Waals surface area contributed by atoms with E-state index in [-0.39, 0.29) is 0 Å². The number of fused-ring (bicyclic) bond motifs is 3. The Balaban J connectivity index is 2.18. The van der Waals surface area contributed by atoms with Gasteiger partial charge in [0.2, 0.25) is 0 Å². The minimum atomic E-state index is 1.07. The van der Waals surface area contributed by atoms with Crippen molar-refractivity contribution in [1.82, 2.24) is 4.57 Å². The molecule has 0 aliphatic heterocycles. The summed E-state index contributed by atoms with van der Waals surface area (Å²) in [7, 11) is 3.28. The molecule has 0 spiro atoms. The van der Waals surface area contributed by atoms with Crippen LogP contribution in [-0.2, 0) is 0 Å². The van der Waals surface area contributed by atoms with Gasteiger partial charge in [0.15, 0.2) is 0 Å². The third kappa shape index (κ3) is 1.97.